The van der Waals surface area contributed by atoms with Crippen molar-refractivity contribution in [1.29, 1.82) is 0 Å². The molecule has 2 rings (SSSR count). The van der Waals surface area contributed by atoms with E-state index in [0.29, 0.717) is 36.7 Å². The molecule has 0 atom stereocenters. The second kappa shape index (κ2) is 6.65. The molecule has 20 heavy (non-hydrogen) atoms. The first kappa shape index (κ1) is 14.7. The van der Waals surface area contributed by atoms with Crippen molar-refractivity contribution in [1.82, 2.24) is 5.32 Å². The lowest BCUT2D eigenvalue weighted by Crippen LogP contribution is -2.25. The van der Waals surface area contributed by atoms with E-state index in [1.807, 2.05) is 0 Å². The Balaban J connectivity index is 1.73. The minimum absolute atomic E-state index is 0.0681. The Kier molecular flexibility index (Phi) is 4.89. The number of amides is 1. The Morgan fingerprint density at radius 2 is 2.20 bits per heavy atom. The molecular weight excluding hydrogens is 277 g/mol. The van der Waals surface area contributed by atoms with Crippen LogP contribution in [0.2, 0.25) is 0 Å². The van der Waals surface area contributed by atoms with Crippen LogP contribution in [0.4, 0.5) is 10.1 Å². The average molecular weight is 295 g/mol. The number of carbonyl (C=O) groups is 1. The van der Waals surface area contributed by atoms with E-state index in [4.69, 9.17) is 18.0 Å². The Labute approximate surface area is 122 Å². The zero-order valence-electron chi connectivity index (χ0n) is 11.1. The van der Waals surface area contributed by atoms with E-state index in [-0.39, 0.29) is 10.9 Å². The largest absolute Gasteiger partial charge is 0.389 e. The van der Waals surface area contributed by atoms with E-state index in [1.165, 1.54) is 6.07 Å². The summed E-state index contributed by atoms with van der Waals surface area (Å²) in [6.45, 7) is 0.543. The maximum absolute atomic E-state index is 13.7. The second-order valence-electron chi connectivity index (χ2n) is 4.93. The predicted octanol–water partition coefficient (Wildman–Crippen LogP) is 1.93. The summed E-state index contributed by atoms with van der Waals surface area (Å²) in [7, 11) is 0. The number of hydrogen-bond acceptors (Lipinski definition) is 3. The smallest absolute Gasteiger partial charge is 0.220 e. The minimum Gasteiger partial charge on any atom is -0.389 e. The van der Waals surface area contributed by atoms with Crippen molar-refractivity contribution in [2.45, 2.75) is 31.7 Å². The standard InChI is InChI=1S/C14H18FN3OS/c15-11-8-9(14(16)20)3-6-12(11)17-7-1-2-13(19)18-10-4-5-10/h3,6,8,10,17H,1-2,4-5,7H2,(H2,16,20)(H,18,19). The number of thiocarbonyl (C=S) groups is 1. The second-order valence-corrected chi connectivity index (χ2v) is 5.37. The molecule has 1 aromatic carbocycles. The Morgan fingerprint density at radius 3 is 2.80 bits per heavy atom. The number of nitrogens with one attached hydrogen (secondary N) is 2. The van der Waals surface area contributed by atoms with Gasteiger partial charge in [0.2, 0.25) is 5.91 Å². The first-order chi connectivity index (χ1) is 9.56. The van der Waals surface area contributed by atoms with Crippen LogP contribution >= 0.6 is 12.2 Å². The summed E-state index contributed by atoms with van der Waals surface area (Å²) in [5.74, 6) is -0.323. The van der Waals surface area contributed by atoms with Gasteiger partial charge < -0.3 is 16.4 Å². The van der Waals surface area contributed by atoms with E-state index in [2.05, 4.69) is 10.6 Å². The highest BCUT2D eigenvalue weighted by Crippen LogP contribution is 2.19. The number of carbonyl (C=O) groups excluding carboxylic acids is 1. The molecule has 0 aromatic heterocycles. The van der Waals surface area contributed by atoms with Crippen molar-refractivity contribution in [2.75, 3.05) is 11.9 Å². The molecule has 6 heteroatoms. The van der Waals surface area contributed by atoms with Crippen LogP contribution in [0.5, 0.6) is 0 Å². The third kappa shape index (κ3) is 4.45. The third-order valence-corrected chi connectivity index (χ3v) is 3.33. The van der Waals surface area contributed by atoms with Crippen LogP contribution in [-0.4, -0.2) is 23.5 Å². The third-order valence-electron chi connectivity index (χ3n) is 3.09. The summed E-state index contributed by atoms with van der Waals surface area (Å²) in [4.78, 5) is 11.6. The fourth-order valence-corrected chi connectivity index (χ4v) is 1.94. The number of rotatable bonds is 7. The monoisotopic (exact) mass is 295 g/mol. The molecule has 1 aliphatic carbocycles. The van der Waals surface area contributed by atoms with Crippen LogP contribution in [-0.2, 0) is 4.79 Å². The number of anilines is 1. The Hall–Kier alpha value is -1.69. The maximum Gasteiger partial charge on any atom is 0.220 e. The number of halogens is 1. The van der Waals surface area contributed by atoms with Crippen LogP contribution in [0, 0.1) is 5.82 Å². The lowest BCUT2D eigenvalue weighted by Gasteiger charge is -2.09. The highest BCUT2D eigenvalue weighted by molar-refractivity contribution is 7.80. The van der Waals surface area contributed by atoms with E-state index < -0.39 is 5.82 Å². The van der Waals surface area contributed by atoms with Gasteiger partial charge in [-0.2, -0.15) is 0 Å². The molecule has 1 amide bonds. The van der Waals surface area contributed by atoms with Gasteiger partial charge in [0.25, 0.3) is 0 Å². The molecule has 1 saturated carbocycles. The van der Waals surface area contributed by atoms with Crippen molar-refractivity contribution in [2.24, 2.45) is 5.73 Å². The van der Waals surface area contributed by atoms with Crippen molar-refractivity contribution >= 4 is 28.8 Å². The molecule has 4 N–H and O–H groups in total. The van der Waals surface area contributed by atoms with Gasteiger partial charge in [0.1, 0.15) is 10.8 Å². The van der Waals surface area contributed by atoms with Gasteiger partial charge in [-0.3, -0.25) is 4.79 Å². The molecule has 0 spiro atoms. The molecule has 108 valence electrons. The minimum atomic E-state index is -0.391. The van der Waals surface area contributed by atoms with Gasteiger partial charge in [0.15, 0.2) is 0 Å². The lowest BCUT2D eigenvalue weighted by atomic mass is 10.2. The van der Waals surface area contributed by atoms with E-state index in [9.17, 15) is 9.18 Å². The molecule has 0 bridgehead atoms. The Bertz CT molecular complexity index is 517. The van der Waals surface area contributed by atoms with Gasteiger partial charge in [0, 0.05) is 24.6 Å². The molecule has 1 aromatic rings. The van der Waals surface area contributed by atoms with Gasteiger partial charge in [-0.25, -0.2) is 4.39 Å². The average Bonchev–Trinajstić information content (AvgIpc) is 3.19. The van der Waals surface area contributed by atoms with Crippen LogP contribution in [0.1, 0.15) is 31.2 Å². The lowest BCUT2D eigenvalue weighted by molar-refractivity contribution is -0.121. The number of nitrogens with two attached hydrogens (primary N) is 1. The summed E-state index contributed by atoms with van der Waals surface area (Å²) in [5.41, 5.74) is 6.33. The van der Waals surface area contributed by atoms with Gasteiger partial charge in [-0.1, -0.05) is 12.2 Å². The van der Waals surface area contributed by atoms with Crippen LogP contribution < -0.4 is 16.4 Å². The summed E-state index contributed by atoms with van der Waals surface area (Å²) in [5, 5.41) is 5.88. The summed E-state index contributed by atoms with van der Waals surface area (Å²) in [6, 6.07) is 4.98. The molecule has 0 unspecified atom stereocenters. The van der Waals surface area contributed by atoms with Crippen LogP contribution in [0.15, 0.2) is 18.2 Å². The predicted molar refractivity (Wildman–Crippen MR) is 81.2 cm³/mol. The van der Waals surface area contributed by atoms with Gasteiger partial charge in [-0.05, 0) is 37.5 Å². The zero-order chi connectivity index (χ0) is 14.5. The van der Waals surface area contributed by atoms with Crippen LogP contribution in [0.25, 0.3) is 0 Å². The molecule has 1 aliphatic rings. The molecule has 1 fully saturated rings. The normalized spacial score (nSPS) is 13.8. The topological polar surface area (TPSA) is 67.1 Å². The molecule has 0 aliphatic heterocycles. The van der Waals surface area contributed by atoms with E-state index in [0.717, 1.165) is 12.8 Å². The highest BCUT2D eigenvalue weighted by Gasteiger charge is 2.22. The van der Waals surface area contributed by atoms with Crippen molar-refractivity contribution < 1.29 is 9.18 Å². The summed E-state index contributed by atoms with van der Waals surface area (Å²) < 4.78 is 13.7. The molecular formula is C14H18FN3OS. The van der Waals surface area contributed by atoms with Gasteiger partial charge in [-0.15, -0.1) is 0 Å². The fourth-order valence-electron chi connectivity index (χ4n) is 1.81. The first-order valence-electron chi connectivity index (χ1n) is 6.69. The SMILES string of the molecule is NC(=S)c1ccc(NCCCC(=O)NC2CC2)c(F)c1. The summed E-state index contributed by atoms with van der Waals surface area (Å²) >= 11 is 4.79. The fraction of sp³-hybridized carbons (Fsp3) is 0.429. The molecule has 0 saturated heterocycles. The van der Waals surface area contributed by atoms with E-state index >= 15 is 0 Å². The number of hydrogen-bond donors (Lipinski definition) is 3. The molecule has 4 nitrogen and oxygen atoms in total. The van der Waals surface area contributed by atoms with Crippen LogP contribution in [0.3, 0.4) is 0 Å². The number of benzene rings is 1. The van der Waals surface area contributed by atoms with Crippen molar-refractivity contribution in [3.63, 3.8) is 0 Å². The maximum atomic E-state index is 13.7. The summed E-state index contributed by atoms with van der Waals surface area (Å²) in [6.07, 6.45) is 3.29. The van der Waals surface area contributed by atoms with E-state index in [1.54, 1.807) is 12.1 Å². The Morgan fingerprint density at radius 1 is 1.45 bits per heavy atom. The zero-order valence-corrected chi connectivity index (χ0v) is 11.9. The van der Waals surface area contributed by atoms with Gasteiger partial charge >= 0.3 is 0 Å². The first-order valence-corrected chi connectivity index (χ1v) is 7.09. The van der Waals surface area contributed by atoms with Gasteiger partial charge in [0.05, 0.1) is 5.69 Å². The highest BCUT2D eigenvalue weighted by atomic mass is 32.1. The molecule has 0 heterocycles. The van der Waals surface area contributed by atoms with Crippen molar-refractivity contribution in [3.05, 3.63) is 29.6 Å². The molecule has 0 radical (unpaired) electrons. The van der Waals surface area contributed by atoms with Crippen molar-refractivity contribution in [3.8, 4) is 0 Å². The quantitative estimate of drug-likeness (QED) is 0.531.